The molecule has 1 aromatic carbocycles. The minimum absolute atomic E-state index is 0.597. The largest absolute Gasteiger partial charge is 0.313 e. The summed E-state index contributed by atoms with van der Waals surface area (Å²) >= 11 is 1.93. The van der Waals surface area contributed by atoms with Crippen LogP contribution in [0.3, 0.4) is 0 Å². The third-order valence-corrected chi connectivity index (χ3v) is 4.08. The van der Waals surface area contributed by atoms with E-state index in [1.165, 1.54) is 34.4 Å². The predicted octanol–water partition coefficient (Wildman–Crippen LogP) is 3.89. The first kappa shape index (κ1) is 15.6. The Morgan fingerprint density at radius 3 is 2.28 bits per heavy atom. The molecule has 0 bridgehead atoms. The van der Waals surface area contributed by atoms with Crippen LogP contribution in [0.4, 0.5) is 0 Å². The Kier molecular flexibility index (Phi) is 6.80. The third-order valence-electron chi connectivity index (χ3n) is 3.34. The fourth-order valence-electron chi connectivity index (χ4n) is 2.52. The van der Waals surface area contributed by atoms with Gasteiger partial charge >= 0.3 is 0 Å². The van der Waals surface area contributed by atoms with Gasteiger partial charge in [0.25, 0.3) is 0 Å². The third kappa shape index (κ3) is 4.66. The molecule has 18 heavy (non-hydrogen) atoms. The standard InChI is InChI=1S/C16H27NS/c1-6-7-17-15(11-18-5)10-16-13(3)8-12(2)9-14(16)4/h8-9,15,17H,6-7,10-11H2,1-5H3. The van der Waals surface area contributed by atoms with Crippen molar-refractivity contribution < 1.29 is 0 Å². The molecule has 1 aromatic rings. The minimum Gasteiger partial charge on any atom is -0.313 e. The molecule has 0 aliphatic rings. The number of hydrogen-bond acceptors (Lipinski definition) is 2. The number of rotatable bonds is 7. The minimum atomic E-state index is 0.597. The molecule has 0 amide bonds. The molecule has 1 N–H and O–H groups in total. The second-order valence-corrected chi connectivity index (χ2v) is 6.10. The van der Waals surface area contributed by atoms with E-state index in [1.54, 1.807) is 0 Å². The van der Waals surface area contributed by atoms with Crippen LogP contribution in [0.15, 0.2) is 12.1 Å². The number of thioether (sulfide) groups is 1. The zero-order valence-electron chi connectivity index (χ0n) is 12.5. The van der Waals surface area contributed by atoms with Crippen LogP contribution in [0.2, 0.25) is 0 Å². The lowest BCUT2D eigenvalue weighted by molar-refractivity contribution is 0.548. The number of nitrogens with one attached hydrogen (secondary N) is 1. The van der Waals surface area contributed by atoms with E-state index in [-0.39, 0.29) is 0 Å². The van der Waals surface area contributed by atoms with Crippen molar-refractivity contribution in [3.05, 3.63) is 34.4 Å². The molecule has 1 atom stereocenters. The van der Waals surface area contributed by atoms with E-state index in [4.69, 9.17) is 0 Å². The van der Waals surface area contributed by atoms with Crippen LogP contribution in [0, 0.1) is 20.8 Å². The van der Waals surface area contributed by atoms with Gasteiger partial charge in [0.15, 0.2) is 0 Å². The summed E-state index contributed by atoms with van der Waals surface area (Å²) in [6, 6.07) is 5.21. The van der Waals surface area contributed by atoms with Crippen molar-refractivity contribution in [2.75, 3.05) is 18.6 Å². The van der Waals surface area contributed by atoms with Crippen LogP contribution >= 0.6 is 11.8 Å². The highest BCUT2D eigenvalue weighted by Gasteiger charge is 2.12. The molecule has 0 fully saturated rings. The Balaban J connectivity index is 2.79. The zero-order valence-corrected chi connectivity index (χ0v) is 13.3. The van der Waals surface area contributed by atoms with E-state index in [1.807, 2.05) is 11.8 Å². The molecule has 0 aromatic heterocycles. The van der Waals surface area contributed by atoms with E-state index >= 15 is 0 Å². The highest BCUT2D eigenvalue weighted by Crippen LogP contribution is 2.19. The highest BCUT2D eigenvalue weighted by molar-refractivity contribution is 7.98. The average molecular weight is 265 g/mol. The van der Waals surface area contributed by atoms with Gasteiger partial charge < -0.3 is 5.32 Å². The van der Waals surface area contributed by atoms with E-state index in [0.29, 0.717) is 6.04 Å². The Bertz CT molecular complexity index is 350. The first-order valence-electron chi connectivity index (χ1n) is 6.87. The maximum atomic E-state index is 3.67. The highest BCUT2D eigenvalue weighted by atomic mass is 32.2. The summed E-state index contributed by atoms with van der Waals surface area (Å²) in [6.45, 7) is 10.0. The summed E-state index contributed by atoms with van der Waals surface area (Å²) in [5.74, 6) is 1.19. The fraction of sp³-hybridized carbons (Fsp3) is 0.625. The zero-order chi connectivity index (χ0) is 13.5. The molecule has 1 rings (SSSR count). The topological polar surface area (TPSA) is 12.0 Å². The normalized spacial score (nSPS) is 12.7. The van der Waals surface area contributed by atoms with Gasteiger partial charge in [0, 0.05) is 11.8 Å². The average Bonchev–Trinajstić information content (AvgIpc) is 2.30. The molecule has 0 aliphatic carbocycles. The van der Waals surface area contributed by atoms with Crippen molar-refractivity contribution in [2.24, 2.45) is 0 Å². The SMILES string of the molecule is CCCNC(CSC)Cc1c(C)cc(C)cc1C. The van der Waals surface area contributed by atoms with Crippen LogP contribution in [0.1, 0.15) is 35.6 Å². The summed E-state index contributed by atoms with van der Waals surface area (Å²) in [7, 11) is 0. The van der Waals surface area contributed by atoms with Crippen molar-refractivity contribution in [1.82, 2.24) is 5.32 Å². The molecular formula is C16H27NS. The molecule has 0 spiro atoms. The Hall–Kier alpha value is -0.470. The van der Waals surface area contributed by atoms with Crippen LogP contribution in [0.5, 0.6) is 0 Å². The summed E-state index contributed by atoms with van der Waals surface area (Å²) in [5.41, 5.74) is 5.79. The maximum Gasteiger partial charge on any atom is 0.0198 e. The van der Waals surface area contributed by atoms with Crippen LogP contribution in [0.25, 0.3) is 0 Å². The van der Waals surface area contributed by atoms with Gasteiger partial charge in [0.1, 0.15) is 0 Å². The van der Waals surface area contributed by atoms with Gasteiger partial charge in [-0.3, -0.25) is 0 Å². The quantitative estimate of drug-likeness (QED) is 0.803. The summed E-state index contributed by atoms with van der Waals surface area (Å²) in [6.07, 6.45) is 4.55. The number of aryl methyl sites for hydroxylation is 3. The van der Waals surface area contributed by atoms with Gasteiger partial charge in [0.2, 0.25) is 0 Å². The molecular weight excluding hydrogens is 238 g/mol. The molecule has 0 aliphatic heterocycles. The van der Waals surface area contributed by atoms with Gasteiger partial charge in [-0.25, -0.2) is 0 Å². The Morgan fingerprint density at radius 1 is 1.17 bits per heavy atom. The van der Waals surface area contributed by atoms with E-state index in [0.717, 1.165) is 13.0 Å². The molecule has 0 radical (unpaired) electrons. The molecule has 2 heteroatoms. The summed E-state index contributed by atoms with van der Waals surface area (Å²) in [4.78, 5) is 0. The first-order valence-corrected chi connectivity index (χ1v) is 8.26. The number of benzene rings is 1. The monoisotopic (exact) mass is 265 g/mol. The van der Waals surface area contributed by atoms with Crippen molar-refractivity contribution in [2.45, 2.75) is 46.6 Å². The fourth-order valence-corrected chi connectivity index (χ4v) is 3.16. The lowest BCUT2D eigenvalue weighted by atomic mass is 9.95. The van der Waals surface area contributed by atoms with E-state index in [2.05, 4.69) is 51.4 Å². The van der Waals surface area contributed by atoms with Crippen LogP contribution in [-0.2, 0) is 6.42 Å². The molecule has 0 saturated carbocycles. The van der Waals surface area contributed by atoms with Gasteiger partial charge in [-0.2, -0.15) is 11.8 Å². The van der Waals surface area contributed by atoms with Gasteiger partial charge in [-0.1, -0.05) is 24.6 Å². The first-order chi connectivity index (χ1) is 8.58. The maximum absolute atomic E-state index is 3.67. The Morgan fingerprint density at radius 2 is 1.78 bits per heavy atom. The second kappa shape index (κ2) is 7.85. The second-order valence-electron chi connectivity index (χ2n) is 5.19. The van der Waals surface area contributed by atoms with E-state index in [9.17, 15) is 0 Å². The molecule has 0 saturated heterocycles. The van der Waals surface area contributed by atoms with Crippen molar-refractivity contribution in [3.63, 3.8) is 0 Å². The lowest BCUT2D eigenvalue weighted by Crippen LogP contribution is -2.34. The predicted molar refractivity (Wildman–Crippen MR) is 84.8 cm³/mol. The molecule has 102 valence electrons. The summed E-state index contributed by atoms with van der Waals surface area (Å²) < 4.78 is 0. The van der Waals surface area contributed by atoms with E-state index < -0.39 is 0 Å². The smallest absolute Gasteiger partial charge is 0.0198 e. The molecule has 1 nitrogen and oxygen atoms in total. The summed E-state index contributed by atoms with van der Waals surface area (Å²) in [5, 5.41) is 3.67. The molecule has 0 heterocycles. The van der Waals surface area contributed by atoms with Gasteiger partial charge in [-0.05, 0) is 63.1 Å². The Labute approximate surface area is 117 Å². The van der Waals surface area contributed by atoms with Gasteiger partial charge in [-0.15, -0.1) is 0 Å². The number of hydrogen-bond donors (Lipinski definition) is 1. The van der Waals surface area contributed by atoms with Crippen molar-refractivity contribution >= 4 is 11.8 Å². The van der Waals surface area contributed by atoms with Crippen LogP contribution in [-0.4, -0.2) is 24.6 Å². The molecule has 1 unspecified atom stereocenters. The lowest BCUT2D eigenvalue weighted by Gasteiger charge is -2.20. The van der Waals surface area contributed by atoms with Crippen molar-refractivity contribution in [1.29, 1.82) is 0 Å². The van der Waals surface area contributed by atoms with Gasteiger partial charge in [0.05, 0.1) is 0 Å². The van der Waals surface area contributed by atoms with Crippen LogP contribution < -0.4 is 5.32 Å². The van der Waals surface area contributed by atoms with Crippen molar-refractivity contribution in [3.8, 4) is 0 Å².